The highest BCUT2D eigenvalue weighted by Crippen LogP contribution is 2.38. The standard InChI is InChI=1S/C29H33ClN8O2/c30-22-5-2-20(3-6-22)18-40-24-7-9-25-21(16-24)4-8-26-27(25)33-29(31)34-28(26)38-13-11-37(12-14-38)10-1-15-39-19-23-17-32-36-35-23/h2-3,5-7,9,16H,1,4,8,10-15,17-19H2,(H2,31,33,34). The molecule has 10 nitrogen and oxygen atoms in total. The summed E-state index contributed by atoms with van der Waals surface area (Å²) >= 11 is 6.00. The third kappa shape index (κ3) is 6.24. The van der Waals surface area contributed by atoms with Gasteiger partial charge in [0.05, 0.1) is 18.0 Å². The molecule has 2 N–H and O–H groups in total. The van der Waals surface area contributed by atoms with Crippen LogP contribution in [-0.4, -0.2) is 73.1 Å². The number of nitrogens with zero attached hydrogens (tertiary/aromatic N) is 7. The Morgan fingerprint density at radius 1 is 0.950 bits per heavy atom. The Labute approximate surface area is 238 Å². The maximum atomic E-state index is 6.24. The Balaban J connectivity index is 1.06. The highest BCUT2D eigenvalue weighted by molar-refractivity contribution is 6.30. The normalized spacial score (nSPS) is 16.5. The average molecular weight is 561 g/mol. The number of hydrogen-bond acceptors (Lipinski definition) is 10. The molecule has 3 aromatic rings. The van der Waals surface area contributed by atoms with Crippen molar-refractivity contribution in [2.75, 3.05) is 63.1 Å². The smallest absolute Gasteiger partial charge is 0.222 e. The van der Waals surface area contributed by atoms with Crippen molar-refractivity contribution in [1.29, 1.82) is 0 Å². The highest BCUT2D eigenvalue weighted by Gasteiger charge is 2.27. The molecule has 1 saturated heterocycles. The largest absolute Gasteiger partial charge is 0.489 e. The van der Waals surface area contributed by atoms with E-state index in [9.17, 15) is 0 Å². The summed E-state index contributed by atoms with van der Waals surface area (Å²) in [6, 6.07) is 14.0. The van der Waals surface area contributed by atoms with Crippen molar-refractivity contribution in [3.63, 3.8) is 0 Å². The number of aromatic nitrogens is 2. The van der Waals surface area contributed by atoms with Crippen LogP contribution in [0.3, 0.4) is 0 Å². The molecule has 0 spiro atoms. The molecule has 3 aliphatic rings. The second-order valence-electron chi connectivity index (χ2n) is 10.3. The molecule has 40 heavy (non-hydrogen) atoms. The predicted octanol–water partition coefficient (Wildman–Crippen LogP) is 4.41. The van der Waals surface area contributed by atoms with Gasteiger partial charge in [-0.3, -0.25) is 4.90 Å². The molecular formula is C29H33ClN8O2. The molecule has 0 unspecified atom stereocenters. The van der Waals surface area contributed by atoms with Crippen LogP contribution in [0, 0.1) is 0 Å². The molecule has 0 atom stereocenters. The molecule has 3 heterocycles. The summed E-state index contributed by atoms with van der Waals surface area (Å²) in [6.07, 6.45) is 2.77. The molecule has 0 amide bonds. The van der Waals surface area contributed by atoms with E-state index in [1.807, 2.05) is 30.3 Å². The fourth-order valence-corrected chi connectivity index (χ4v) is 5.51. The van der Waals surface area contributed by atoms with Crippen LogP contribution >= 0.6 is 11.6 Å². The van der Waals surface area contributed by atoms with E-state index in [4.69, 9.17) is 31.8 Å². The molecule has 2 aromatic carbocycles. The van der Waals surface area contributed by atoms with Gasteiger partial charge in [0.2, 0.25) is 5.95 Å². The van der Waals surface area contributed by atoms with Crippen molar-refractivity contribution in [1.82, 2.24) is 14.9 Å². The minimum absolute atomic E-state index is 0.316. The highest BCUT2D eigenvalue weighted by atomic mass is 35.5. The molecule has 1 fully saturated rings. The van der Waals surface area contributed by atoms with E-state index in [2.05, 4.69) is 42.4 Å². The summed E-state index contributed by atoms with van der Waals surface area (Å²) in [4.78, 5) is 14.2. The van der Waals surface area contributed by atoms with E-state index in [0.29, 0.717) is 32.3 Å². The van der Waals surface area contributed by atoms with Crippen LogP contribution < -0.4 is 15.4 Å². The molecule has 6 rings (SSSR count). The topological polar surface area (TPSA) is 114 Å². The van der Waals surface area contributed by atoms with Gasteiger partial charge in [0.25, 0.3) is 0 Å². The fourth-order valence-electron chi connectivity index (χ4n) is 5.39. The van der Waals surface area contributed by atoms with Gasteiger partial charge in [0.1, 0.15) is 24.7 Å². The lowest BCUT2D eigenvalue weighted by atomic mass is 9.88. The zero-order valence-corrected chi connectivity index (χ0v) is 23.2. The SMILES string of the molecule is Nc1nc2c(c(N3CCN(CCCOCC4=NN=NC4)CC3)n1)CCc1cc(OCc3ccc(Cl)cc3)ccc1-2. The minimum Gasteiger partial charge on any atom is -0.489 e. The third-order valence-corrected chi connectivity index (χ3v) is 7.76. The summed E-state index contributed by atoms with van der Waals surface area (Å²) in [5.74, 6) is 2.14. The van der Waals surface area contributed by atoms with Gasteiger partial charge in [-0.15, -0.1) is 5.10 Å². The van der Waals surface area contributed by atoms with Crippen LogP contribution in [0.4, 0.5) is 11.8 Å². The first-order valence-corrected chi connectivity index (χ1v) is 14.1. The summed E-state index contributed by atoms with van der Waals surface area (Å²) in [7, 11) is 0. The van der Waals surface area contributed by atoms with E-state index in [-0.39, 0.29) is 0 Å². The van der Waals surface area contributed by atoms with Crippen molar-refractivity contribution in [3.8, 4) is 17.0 Å². The molecule has 2 aliphatic heterocycles. The quantitative estimate of drug-likeness (QED) is 0.365. The van der Waals surface area contributed by atoms with Crippen LogP contribution in [0.1, 0.15) is 23.1 Å². The van der Waals surface area contributed by atoms with Gasteiger partial charge in [-0.05, 0) is 65.9 Å². The van der Waals surface area contributed by atoms with Crippen LogP contribution in [-0.2, 0) is 24.2 Å². The lowest BCUT2D eigenvalue weighted by molar-refractivity contribution is 0.149. The van der Waals surface area contributed by atoms with E-state index in [1.165, 1.54) is 11.1 Å². The van der Waals surface area contributed by atoms with Gasteiger partial charge >= 0.3 is 0 Å². The minimum atomic E-state index is 0.316. The first kappa shape index (κ1) is 26.6. The van der Waals surface area contributed by atoms with Gasteiger partial charge in [-0.1, -0.05) is 23.7 Å². The molecule has 0 saturated carbocycles. The van der Waals surface area contributed by atoms with Gasteiger partial charge in [0.15, 0.2) is 0 Å². The van der Waals surface area contributed by atoms with Crippen LogP contribution in [0.2, 0.25) is 5.02 Å². The molecule has 1 aliphatic carbocycles. The number of benzene rings is 2. The number of piperazine rings is 1. The lowest BCUT2D eigenvalue weighted by Gasteiger charge is -2.37. The number of rotatable bonds is 10. The molecule has 208 valence electrons. The van der Waals surface area contributed by atoms with Crippen molar-refractivity contribution in [3.05, 3.63) is 64.2 Å². The van der Waals surface area contributed by atoms with Crippen molar-refractivity contribution >= 4 is 29.1 Å². The van der Waals surface area contributed by atoms with Crippen molar-refractivity contribution in [2.45, 2.75) is 25.9 Å². The number of ether oxygens (including phenoxy) is 2. The molecule has 0 radical (unpaired) electrons. The Morgan fingerprint density at radius 2 is 1.80 bits per heavy atom. The van der Waals surface area contributed by atoms with E-state index in [1.54, 1.807) is 0 Å². The summed E-state index contributed by atoms with van der Waals surface area (Å²) in [6.45, 7) is 7.07. The second kappa shape index (κ2) is 12.3. The van der Waals surface area contributed by atoms with Crippen molar-refractivity contribution < 1.29 is 9.47 Å². The third-order valence-electron chi connectivity index (χ3n) is 7.50. The number of fused-ring (bicyclic) bond motifs is 3. The van der Waals surface area contributed by atoms with Gasteiger partial charge in [0, 0.05) is 55.5 Å². The Hall–Kier alpha value is -3.60. The van der Waals surface area contributed by atoms with E-state index in [0.717, 1.165) is 91.1 Å². The lowest BCUT2D eigenvalue weighted by Crippen LogP contribution is -2.47. The van der Waals surface area contributed by atoms with E-state index >= 15 is 0 Å². The number of aryl methyl sites for hydroxylation is 1. The number of hydrogen-bond donors (Lipinski definition) is 1. The maximum Gasteiger partial charge on any atom is 0.222 e. The van der Waals surface area contributed by atoms with Crippen LogP contribution in [0.5, 0.6) is 5.75 Å². The Morgan fingerprint density at radius 3 is 2.60 bits per heavy atom. The molecule has 1 aromatic heterocycles. The number of nitrogens with two attached hydrogens (primary N) is 1. The summed E-state index contributed by atoms with van der Waals surface area (Å²) in [5, 5.41) is 12.1. The van der Waals surface area contributed by atoms with Crippen LogP contribution in [0.25, 0.3) is 11.3 Å². The molecular weight excluding hydrogens is 528 g/mol. The first-order valence-electron chi connectivity index (χ1n) is 13.8. The predicted molar refractivity (Wildman–Crippen MR) is 156 cm³/mol. The monoisotopic (exact) mass is 560 g/mol. The van der Waals surface area contributed by atoms with Gasteiger partial charge in [-0.2, -0.15) is 10.1 Å². The number of nitrogen functional groups attached to an aromatic ring is 1. The van der Waals surface area contributed by atoms with Crippen LogP contribution in [0.15, 0.2) is 57.9 Å². The summed E-state index contributed by atoms with van der Waals surface area (Å²) < 4.78 is 11.8. The zero-order valence-electron chi connectivity index (χ0n) is 22.4. The Bertz CT molecular complexity index is 1400. The first-order chi connectivity index (χ1) is 19.6. The molecule has 11 heteroatoms. The maximum absolute atomic E-state index is 6.24. The molecule has 0 bridgehead atoms. The van der Waals surface area contributed by atoms with E-state index < -0.39 is 0 Å². The van der Waals surface area contributed by atoms with Gasteiger partial charge in [-0.25, -0.2) is 4.98 Å². The van der Waals surface area contributed by atoms with Gasteiger partial charge < -0.3 is 20.1 Å². The Kier molecular flexibility index (Phi) is 8.17. The van der Waals surface area contributed by atoms with Crippen molar-refractivity contribution in [2.24, 2.45) is 15.4 Å². The summed E-state index contributed by atoms with van der Waals surface area (Å²) in [5.41, 5.74) is 12.7. The average Bonchev–Trinajstić information content (AvgIpc) is 3.50. The number of halogens is 1. The zero-order chi connectivity index (χ0) is 27.3. The number of anilines is 2. The second-order valence-corrected chi connectivity index (χ2v) is 10.7. The fraction of sp³-hybridized carbons (Fsp3) is 0.414.